The maximum absolute atomic E-state index is 12.8. The zero-order chi connectivity index (χ0) is 21.5. The van der Waals surface area contributed by atoms with Gasteiger partial charge in [0.05, 0.1) is 33.6 Å². The van der Waals surface area contributed by atoms with Crippen LogP contribution in [0.4, 0.5) is 0 Å². The number of fused-ring (bicyclic) bond motifs is 1. The van der Waals surface area contributed by atoms with Gasteiger partial charge >= 0.3 is 0 Å². The molecule has 2 heterocycles. The van der Waals surface area contributed by atoms with E-state index >= 15 is 0 Å². The van der Waals surface area contributed by atoms with Crippen molar-refractivity contribution in [2.75, 3.05) is 12.3 Å². The van der Waals surface area contributed by atoms with E-state index in [9.17, 15) is 16.8 Å². The Morgan fingerprint density at radius 2 is 1.83 bits per heavy atom. The molecule has 0 aliphatic rings. The zero-order valence-corrected chi connectivity index (χ0v) is 16.9. The van der Waals surface area contributed by atoms with E-state index in [0.29, 0.717) is 22.2 Å². The molecule has 30 heavy (non-hydrogen) atoms. The van der Waals surface area contributed by atoms with E-state index in [1.165, 1.54) is 18.5 Å². The summed E-state index contributed by atoms with van der Waals surface area (Å²) in [6.45, 7) is -0.196. The molecule has 0 saturated heterocycles. The molecule has 4 rings (SSSR count). The van der Waals surface area contributed by atoms with Gasteiger partial charge in [0.1, 0.15) is 4.90 Å². The molecule has 14 heteroatoms. The van der Waals surface area contributed by atoms with E-state index in [-0.39, 0.29) is 17.9 Å². The van der Waals surface area contributed by atoms with E-state index in [1.54, 1.807) is 18.2 Å². The predicted molar refractivity (Wildman–Crippen MR) is 107 cm³/mol. The number of tetrazole rings is 1. The first-order valence-electron chi connectivity index (χ1n) is 8.53. The molecular formula is C16H16N8O4S2. The Kier molecular flexibility index (Phi) is 4.85. The molecular weight excluding hydrogens is 432 g/mol. The molecule has 0 fully saturated rings. The lowest BCUT2D eigenvalue weighted by molar-refractivity contribution is 0.583. The van der Waals surface area contributed by atoms with Crippen LogP contribution in [0.5, 0.6) is 0 Å². The lowest BCUT2D eigenvalue weighted by Crippen LogP contribution is -2.22. The summed E-state index contributed by atoms with van der Waals surface area (Å²) in [6, 6.07) is 7.90. The molecule has 0 spiro atoms. The first-order chi connectivity index (χ1) is 14.2. The van der Waals surface area contributed by atoms with E-state index in [0.717, 1.165) is 0 Å². The summed E-state index contributed by atoms with van der Waals surface area (Å²) in [4.78, 5) is 6.14. The third-order valence-corrected chi connectivity index (χ3v) is 7.34. The Bertz CT molecular complexity index is 1440. The van der Waals surface area contributed by atoms with Crippen molar-refractivity contribution in [1.29, 1.82) is 0 Å². The molecule has 0 amide bonds. The molecule has 4 aromatic rings. The van der Waals surface area contributed by atoms with Crippen LogP contribution in [-0.2, 0) is 19.9 Å². The van der Waals surface area contributed by atoms with Crippen LogP contribution in [0.25, 0.3) is 33.5 Å². The van der Waals surface area contributed by atoms with Gasteiger partial charge in [-0.15, -0.1) is 10.2 Å². The van der Waals surface area contributed by atoms with Crippen LogP contribution in [0.3, 0.4) is 0 Å². The first-order valence-corrected chi connectivity index (χ1v) is 11.7. The third-order valence-electron chi connectivity index (χ3n) is 4.44. The van der Waals surface area contributed by atoms with Gasteiger partial charge in [0.25, 0.3) is 0 Å². The summed E-state index contributed by atoms with van der Waals surface area (Å²) < 4.78 is 50.7. The number of nitrogens with one attached hydrogen (secondary N) is 2. The summed E-state index contributed by atoms with van der Waals surface area (Å²) in [5.74, 6) is -0.596. The van der Waals surface area contributed by atoms with Crippen molar-refractivity contribution < 1.29 is 16.8 Å². The Balaban J connectivity index is 2.18. The van der Waals surface area contributed by atoms with Gasteiger partial charge in [-0.1, -0.05) is 18.2 Å². The number of rotatable bonds is 6. The monoisotopic (exact) mass is 448 g/mol. The number of hydrogen-bond acceptors (Lipinski definition) is 9. The van der Waals surface area contributed by atoms with Crippen LogP contribution >= 0.6 is 0 Å². The number of sulfone groups is 1. The van der Waals surface area contributed by atoms with E-state index in [2.05, 4.69) is 30.6 Å². The lowest BCUT2D eigenvalue weighted by atomic mass is 9.98. The van der Waals surface area contributed by atoms with Crippen molar-refractivity contribution in [2.45, 2.75) is 9.79 Å². The number of hydrogen-bond donors (Lipinski definition) is 4. The molecule has 0 bridgehead atoms. The lowest BCUT2D eigenvalue weighted by Gasteiger charge is -2.16. The average Bonchev–Trinajstić information content (AvgIpc) is 3.37. The maximum Gasteiger partial charge on any atom is 0.240 e. The smallest absolute Gasteiger partial charge is 0.240 e. The van der Waals surface area contributed by atoms with Gasteiger partial charge in [-0.05, 0) is 22.9 Å². The fourth-order valence-corrected chi connectivity index (χ4v) is 6.01. The summed E-state index contributed by atoms with van der Waals surface area (Å²) in [6.07, 6.45) is 1.49. The highest BCUT2D eigenvalue weighted by Crippen LogP contribution is 2.40. The minimum atomic E-state index is -4.53. The highest BCUT2D eigenvalue weighted by atomic mass is 32.2. The van der Waals surface area contributed by atoms with E-state index in [1.807, 2.05) is 0 Å². The predicted octanol–water partition coefficient (Wildman–Crippen LogP) is -0.210. The minimum Gasteiger partial charge on any atom is -0.345 e. The maximum atomic E-state index is 12.8. The second kappa shape index (κ2) is 7.24. The number of nitrogens with two attached hydrogens (primary N) is 2. The van der Waals surface area contributed by atoms with Crippen LogP contribution in [0.2, 0.25) is 0 Å². The Morgan fingerprint density at radius 3 is 2.50 bits per heavy atom. The zero-order valence-electron chi connectivity index (χ0n) is 15.3. The van der Waals surface area contributed by atoms with Gasteiger partial charge in [-0.3, -0.25) is 0 Å². The number of aromatic amines is 2. The molecule has 2 aromatic heterocycles. The molecule has 0 aliphatic carbocycles. The van der Waals surface area contributed by atoms with Crippen molar-refractivity contribution in [1.82, 2.24) is 30.6 Å². The second-order valence-corrected chi connectivity index (χ2v) is 9.88. The summed E-state index contributed by atoms with van der Waals surface area (Å²) in [7, 11) is -8.59. The molecule has 0 radical (unpaired) electrons. The number of nitrogens with zero attached hydrogens (tertiary/aromatic N) is 4. The van der Waals surface area contributed by atoms with Gasteiger partial charge in [0, 0.05) is 12.1 Å². The quantitative estimate of drug-likeness (QED) is 0.307. The summed E-state index contributed by atoms with van der Waals surface area (Å²) in [5.41, 5.74) is 7.40. The molecule has 0 unspecified atom stereocenters. The van der Waals surface area contributed by atoms with Gasteiger partial charge in [-0.2, -0.15) is 5.21 Å². The molecule has 12 nitrogen and oxygen atoms in total. The largest absolute Gasteiger partial charge is 0.345 e. The highest BCUT2D eigenvalue weighted by molar-refractivity contribution is 7.93. The minimum absolute atomic E-state index is 0.0974. The number of primary sulfonamides is 1. The van der Waals surface area contributed by atoms with Crippen molar-refractivity contribution in [2.24, 2.45) is 10.9 Å². The first kappa shape index (κ1) is 20.1. The van der Waals surface area contributed by atoms with Gasteiger partial charge in [0.2, 0.25) is 15.8 Å². The SMILES string of the molecule is NCCS(=O)(=O)c1ccc(-c2cccc3[nH]cnc23)c(-c2nn[nH]n2)c1S(N)(=O)=O. The van der Waals surface area contributed by atoms with Crippen LogP contribution < -0.4 is 10.9 Å². The van der Waals surface area contributed by atoms with Crippen molar-refractivity contribution in [3.63, 3.8) is 0 Å². The molecule has 0 atom stereocenters. The summed E-state index contributed by atoms with van der Waals surface area (Å²) >= 11 is 0. The highest BCUT2D eigenvalue weighted by Gasteiger charge is 2.32. The van der Waals surface area contributed by atoms with Crippen LogP contribution in [0.15, 0.2) is 46.5 Å². The summed E-state index contributed by atoms with van der Waals surface area (Å²) in [5, 5.41) is 18.9. The average molecular weight is 448 g/mol. The second-order valence-electron chi connectivity index (χ2n) is 6.31. The Hall–Kier alpha value is -3.20. The van der Waals surface area contributed by atoms with E-state index in [4.69, 9.17) is 10.9 Å². The molecule has 156 valence electrons. The van der Waals surface area contributed by atoms with Gasteiger partial charge < -0.3 is 10.7 Å². The number of aromatic nitrogens is 6. The normalized spacial score (nSPS) is 12.5. The number of para-hydroxylation sites is 1. The van der Waals surface area contributed by atoms with Gasteiger partial charge in [0.15, 0.2) is 9.84 Å². The number of imidazole rings is 1. The molecule has 0 aliphatic heterocycles. The molecule has 0 saturated carbocycles. The van der Waals surface area contributed by atoms with Crippen molar-refractivity contribution in [3.8, 4) is 22.5 Å². The van der Waals surface area contributed by atoms with Gasteiger partial charge in [-0.25, -0.2) is 27.0 Å². The standard InChI is InChI=1S/C16H16N8O4S2/c17-6-7-29(25,26)12-5-4-9(10-2-1-3-11-14(10)20-8-19-11)13(15(12)30(18,27)28)16-21-23-24-22-16/h1-5,8H,6-7,17H2,(H,19,20)(H2,18,27,28)(H,21,22,23,24). The Morgan fingerprint density at radius 1 is 1.03 bits per heavy atom. The topological polar surface area (TPSA) is 203 Å². The van der Waals surface area contributed by atoms with Crippen LogP contribution in [-0.4, -0.2) is 59.7 Å². The van der Waals surface area contributed by atoms with Crippen molar-refractivity contribution in [3.05, 3.63) is 36.7 Å². The van der Waals surface area contributed by atoms with Crippen molar-refractivity contribution >= 4 is 30.9 Å². The third kappa shape index (κ3) is 3.35. The molecule has 6 N–H and O–H groups in total. The van der Waals surface area contributed by atoms with Crippen LogP contribution in [0, 0.1) is 0 Å². The van der Waals surface area contributed by atoms with E-state index < -0.39 is 35.4 Å². The number of sulfonamides is 1. The number of benzene rings is 2. The fraction of sp³-hybridized carbons (Fsp3) is 0.125. The molecule has 2 aromatic carbocycles. The van der Waals surface area contributed by atoms with Crippen LogP contribution in [0.1, 0.15) is 0 Å². The Labute approximate surface area is 170 Å². The number of H-pyrrole nitrogens is 2. The fourth-order valence-electron chi connectivity index (χ4n) is 3.25.